The number of piperidine rings is 2. The molecule has 5 aliphatic heterocycles. The Morgan fingerprint density at radius 2 is 1.69 bits per heavy atom. The maximum absolute atomic E-state index is 16.1. The SMILES string of the molecule is CCCS(=O)(=O)Nc1cccc(-c2nc(C(C)(C)C)sc2-c2ccnc(NC3CC4(C3)CN(C(=O)C3CN(C5CCN(c6ccc7c(c6)C(=O)N([C@@H]6CCC(=O)NC6=O)C7=O)CC5)C3)C4)n2)c1F. The number of aromatic nitrogens is 3. The van der Waals surface area contributed by atoms with Crippen molar-refractivity contribution in [3.63, 3.8) is 0 Å². The van der Waals surface area contributed by atoms with Crippen LogP contribution in [0.1, 0.15) is 98.4 Å². The Bertz CT molecular complexity index is 2840. The molecule has 2 aromatic heterocycles. The number of thiazole rings is 1. The molecule has 1 aliphatic carbocycles. The van der Waals surface area contributed by atoms with E-state index in [9.17, 15) is 32.4 Å². The van der Waals surface area contributed by atoms with Gasteiger partial charge in [0.1, 0.15) is 6.04 Å². The Morgan fingerprint density at radius 1 is 0.956 bits per heavy atom. The first-order chi connectivity index (χ1) is 32.4. The molecule has 2 aromatic carbocycles. The lowest BCUT2D eigenvalue weighted by molar-refractivity contribution is -0.161. The van der Waals surface area contributed by atoms with E-state index in [0.29, 0.717) is 34.7 Å². The van der Waals surface area contributed by atoms with Crippen molar-refractivity contribution in [2.45, 2.75) is 96.2 Å². The van der Waals surface area contributed by atoms with E-state index in [1.165, 1.54) is 17.4 Å². The van der Waals surface area contributed by atoms with Crippen molar-refractivity contribution in [2.24, 2.45) is 11.3 Å². The molecule has 20 heteroatoms. The lowest BCUT2D eigenvalue weighted by Crippen LogP contribution is -2.69. The average Bonchev–Trinajstić information content (AvgIpc) is 3.81. The second kappa shape index (κ2) is 17.3. The van der Waals surface area contributed by atoms with Gasteiger partial charge in [0.25, 0.3) is 11.8 Å². The Balaban J connectivity index is 0.700. The van der Waals surface area contributed by atoms with E-state index in [4.69, 9.17) is 9.97 Å². The summed E-state index contributed by atoms with van der Waals surface area (Å²) in [6.45, 7) is 12.3. The minimum absolute atomic E-state index is 0.0140. The molecule has 6 aliphatic rings. The predicted molar refractivity (Wildman–Crippen MR) is 254 cm³/mol. The summed E-state index contributed by atoms with van der Waals surface area (Å²) >= 11 is 1.42. The third kappa shape index (κ3) is 8.52. The number of hydrogen-bond acceptors (Lipinski definition) is 14. The van der Waals surface area contributed by atoms with E-state index in [0.717, 1.165) is 80.5 Å². The van der Waals surface area contributed by atoms with Crippen LogP contribution in [-0.4, -0.2) is 131 Å². The van der Waals surface area contributed by atoms with Gasteiger partial charge in [0.15, 0.2) is 5.82 Å². The normalized spacial score (nSPS) is 21.4. The van der Waals surface area contributed by atoms with Gasteiger partial charge in [0.05, 0.1) is 49.8 Å². The van der Waals surface area contributed by atoms with Gasteiger partial charge in [0.2, 0.25) is 33.7 Å². The van der Waals surface area contributed by atoms with Crippen LogP contribution < -0.4 is 20.3 Å². The number of fused-ring (bicyclic) bond motifs is 1. The first-order valence-electron chi connectivity index (χ1n) is 23.4. The van der Waals surface area contributed by atoms with Crippen LogP contribution in [0.5, 0.6) is 0 Å². The van der Waals surface area contributed by atoms with Crippen LogP contribution in [0, 0.1) is 17.2 Å². The van der Waals surface area contributed by atoms with Crippen LogP contribution in [0.2, 0.25) is 0 Å². The van der Waals surface area contributed by atoms with Gasteiger partial charge in [0, 0.05) is 86.1 Å². The molecule has 4 saturated heterocycles. The fourth-order valence-electron chi connectivity index (χ4n) is 10.7. The highest BCUT2D eigenvalue weighted by molar-refractivity contribution is 7.92. The predicted octanol–water partition coefficient (Wildman–Crippen LogP) is 5.26. The molecule has 1 spiro atoms. The summed E-state index contributed by atoms with van der Waals surface area (Å²) in [4.78, 5) is 86.8. The number of halogens is 1. The lowest BCUT2D eigenvalue weighted by Gasteiger charge is -2.60. The number of nitrogens with one attached hydrogen (secondary N) is 3. The molecule has 68 heavy (non-hydrogen) atoms. The number of amides is 5. The number of sulfonamides is 1. The van der Waals surface area contributed by atoms with E-state index in [2.05, 4.69) is 30.1 Å². The van der Waals surface area contributed by atoms with Gasteiger partial charge >= 0.3 is 0 Å². The summed E-state index contributed by atoms with van der Waals surface area (Å²) < 4.78 is 43.6. The molecular formula is C48H55FN10O7S2. The topological polar surface area (TPSA) is 207 Å². The van der Waals surface area contributed by atoms with Crippen molar-refractivity contribution in [3.8, 4) is 21.8 Å². The molecule has 1 atom stereocenters. The largest absolute Gasteiger partial charge is 0.371 e. The standard InChI is InChI=1S/C48H55FN10O7S2/c1-5-19-68(65,66)55-34-8-6-7-32(38(34)49)39-40(67-45(54-39)47(2,3)4)35-13-16-50-46(52-35)51-28-21-48(22-28)25-58(26-48)42(62)27-23-57(24-27)29-14-17-56(18-15-29)30-9-10-31-33(20-30)44(64)59(43(31)63)36-11-12-37(60)53-41(36)61/h6-10,13,16,20,27-29,36,55H,5,11-12,14-15,17-19,21-26H2,1-4H3,(H,50,51,52)(H,53,60,61)/t36-/m1/s1. The van der Waals surface area contributed by atoms with Gasteiger partial charge in [-0.25, -0.2) is 27.8 Å². The fraction of sp³-hybridized carbons (Fsp3) is 0.500. The second-order valence-corrected chi connectivity index (χ2v) is 23.1. The number of nitrogens with zero attached hydrogens (tertiary/aromatic N) is 7. The average molecular weight is 967 g/mol. The van der Waals surface area contributed by atoms with Crippen molar-refractivity contribution >= 4 is 68.2 Å². The maximum Gasteiger partial charge on any atom is 0.262 e. The summed E-state index contributed by atoms with van der Waals surface area (Å²) in [6.07, 6.45) is 5.84. The van der Waals surface area contributed by atoms with E-state index in [1.807, 2.05) is 31.7 Å². The Hall–Kier alpha value is -5.86. The molecule has 17 nitrogen and oxygen atoms in total. The van der Waals surface area contributed by atoms with Gasteiger partial charge in [-0.1, -0.05) is 33.8 Å². The zero-order chi connectivity index (χ0) is 47.9. The zero-order valence-electron chi connectivity index (χ0n) is 38.5. The molecule has 7 heterocycles. The molecule has 358 valence electrons. The molecule has 5 amide bonds. The van der Waals surface area contributed by atoms with Gasteiger partial charge < -0.3 is 15.1 Å². The van der Waals surface area contributed by atoms with Crippen molar-refractivity contribution < 1.29 is 36.8 Å². The minimum atomic E-state index is -3.72. The maximum atomic E-state index is 16.1. The lowest BCUT2D eigenvalue weighted by atomic mass is 9.60. The summed E-state index contributed by atoms with van der Waals surface area (Å²) in [5.41, 5.74) is 2.14. The van der Waals surface area contributed by atoms with E-state index < -0.39 is 45.5 Å². The van der Waals surface area contributed by atoms with Crippen LogP contribution in [0.3, 0.4) is 0 Å². The van der Waals surface area contributed by atoms with Crippen molar-refractivity contribution in [1.82, 2.24) is 35.0 Å². The number of carbonyl (C=O) groups excluding carboxylic acids is 5. The molecule has 0 unspecified atom stereocenters. The van der Waals surface area contributed by atoms with Crippen molar-refractivity contribution in [2.75, 3.05) is 60.0 Å². The van der Waals surface area contributed by atoms with Crippen molar-refractivity contribution in [1.29, 1.82) is 0 Å². The molecule has 0 radical (unpaired) electrons. The minimum Gasteiger partial charge on any atom is -0.371 e. The quantitative estimate of drug-likeness (QED) is 0.155. The molecule has 0 bridgehead atoms. The number of rotatable bonds is 12. The van der Waals surface area contributed by atoms with Crippen LogP contribution in [0.15, 0.2) is 48.7 Å². The first-order valence-corrected chi connectivity index (χ1v) is 25.9. The highest BCUT2D eigenvalue weighted by Gasteiger charge is 2.55. The molecule has 5 fully saturated rings. The first kappa shape index (κ1) is 45.9. The second-order valence-electron chi connectivity index (χ2n) is 20.3. The van der Waals surface area contributed by atoms with Gasteiger partial charge in [-0.15, -0.1) is 11.3 Å². The smallest absolute Gasteiger partial charge is 0.262 e. The number of imide groups is 2. The monoisotopic (exact) mass is 966 g/mol. The van der Waals surface area contributed by atoms with Crippen LogP contribution in [0.25, 0.3) is 21.8 Å². The molecule has 10 rings (SSSR count). The van der Waals surface area contributed by atoms with Crippen molar-refractivity contribution in [3.05, 3.63) is 70.6 Å². The van der Waals surface area contributed by atoms with Gasteiger partial charge in [-0.2, -0.15) is 0 Å². The van der Waals surface area contributed by atoms with Gasteiger partial charge in [-0.05, 0) is 74.9 Å². The highest BCUT2D eigenvalue weighted by Crippen LogP contribution is 2.50. The fourth-order valence-corrected chi connectivity index (χ4v) is 12.9. The van der Waals surface area contributed by atoms with Crippen LogP contribution in [0.4, 0.5) is 21.7 Å². The molecule has 1 saturated carbocycles. The summed E-state index contributed by atoms with van der Waals surface area (Å²) in [7, 11) is -3.72. The molecule has 4 aromatic rings. The van der Waals surface area contributed by atoms with E-state index in [-0.39, 0.29) is 69.7 Å². The summed E-state index contributed by atoms with van der Waals surface area (Å²) in [6, 6.07) is 11.1. The third-order valence-electron chi connectivity index (χ3n) is 14.2. The number of anilines is 3. The zero-order valence-corrected chi connectivity index (χ0v) is 40.1. The van der Waals surface area contributed by atoms with Crippen LogP contribution >= 0.6 is 11.3 Å². The summed E-state index contributed by atoms with van der Waals surface area (Å²) in [5, 5.41) is 6.50. The van der Waals surface area contributed by atoms with Crippen LogP contribution in [-0.2, 0) is 29.8 Å². The Labute approximate surface area is 398 Å². The van der Waals surface area contributed by atoms with E-state index >= 15 is 4.39 Å². The molecular weight excluding hydrogens is 912 g/mol. The third-order valence-corrected chi connectivity index (χ3v) is 17.2. The Kier molecular flexibility index (Phi) is 11.7. The highest BCUT2D eigenvalue weighted by atomic mass is 32.2. The van der Waals surface area contributed by atoms with E-state index in [1.54, 1.807) is 43.5 Å². The number of benzene rings is 2. The number of likely N-dealkylation sites (tertiary alicyclic amines) is 2. The molecule has 3 N–H and O–H groups in total. The number of hydrogen-bond donors (Lipinski definition) is 3. The van der Waals surface area contributed by atoms with Gasteiger partial charge in [-0.3, -0.25) is 43.8 Å². The Morgan fingerprint density at radius 3 is 2.40 bits per heavy atom. The summed E-state index contributed by atoms with van der Waals surface area (Å²) in [5.74, 6) is -2.23. The number of carbonyl (C=O) groups is 5.